The molecule has 100 valence electrons. The van der Waals surface area contributed by atoms with Crippen LogP contribution in [-0.2, 0) is 6.42 Å². The first-order valence-electron chi connectivity index (χ1n) is 6.18. The number of benzene rings is 2. The minimum Gasteiger partial charge on any atom is -0.497 e. The molecule has 2 aromatic carbocycles. The molecule has 0 aliphatic heterocycles. The van der Waals surface area contributed by atoms with Crippen molar-refractivity contribution in [2.75, 3.05) is 7.11 Å². The zero-order valence-corrected chi connectivity index (χ0v) is 11.8. The molecule has 0 bridgehead atoms. The first kappa shape index (κ1) is 13.9. The fourth-order valence-corrected chi connectivity index (χ4v) is 2.34. The molecule has 19 heavy (non-hydrogen) atoms. The summed E-state index contributed by atoms with van der Waals surface area (Å²) in [5, 5.41) is 11.0. The van der Waals surface area contributed by atoms with Crippen molar-refractivity contribution in [3.63, 3.8) is 0 Å². The average molecular weight is 277 g/mol. The van der Waals surface area contributed by atoms with Gasteiger partial charge in [0.15, 0.2) is 0 Å². The second-order valence-corrected chi connectivity index (χ2v) is 4.94. The maximum absolute atomic E-state index is 10.3. The van der Waals surface area contributed by atoms with Crippen LogP contribution in [-0.4, -0.2) is 12.2 Å². The van der Waals surface area contributed by atoms with E-state index < -0.39 is 6.10 Å². The van der Waals surface area contributed by atoms with E-state index in [9.17, 15) is 5.11 Å². The summed E-state index contributed by atoms with van der Waals surface area (Å²) in [5.41, 5.74) is 2.87. The third kappa shape index (κ3) is 3.28. The van der Waals surface area contributed by atoms with Crippen LogP contribution in [0.15, 0.2) is 42.5 Å². The van der Waals surface area contributed by atoms with E-state index in [4.69, 9.17) is 16.3 Å². The highest BCUT2D eigenvalue weighted by Gasteiger charge is 2.13. The van der Waals surface area contributed by atoms with Crippen molar-refractivity contribution in [1.29, 1.82) is 0 Å². The number of methoxy groups -OCH3 is 1. The summed E-state index contributed by atoms with van der Waals surface area (Å²) in [7, 11) is 1.63. The van der Waals surface area contributed by atoms with Crippen molar-refractivity contribution < 1.29 is 9.84 Å². The van der Waals surface area contributed by atoms with Crippen LogP contribution in [0.25, 0.3) is 0 Å². The summed E-state index contributed by atoms with van der Waals surface area (Å²) in [6.07, 6.45) is -0.0573. The quantitative estimate of drug-likeness (QED) is 0.917. The van der Waals surface area contributed by atoms with Gasteiger partial charge in [-0.1, -0.05) is 35.9 Å². The highest BCUT2D eigenvalue weighted by atomic mass is 35.5. The average Bonchev–Trinajstić information content (AvgIpc) is 2.41. The molecule has 0 amide bonds. The molecule has 0 spiro atoms. The SMILES string of the molecule is COc1ccc(C(O)Cc2ccccc2Cl)c(C)c1. The normalized spacial score (nSPS) is 12.2. The van der Waals surface area contributed by atoms with Gasteiger partial charge < -0.3 is 9.84 Å². The second kappa shape index (κ2) is 6.09. The maximum Gasteiger partial charge on any atom is 0.119 e. The first-order chi connectivity index (χ1) is 9.11. The number of aliphatic hydroxyl groups excluding tert-OH is 1. The third-order valence-electron chi connectivity index (χ3n) is 3.21. The predicted octanol–water partition coefficient (Wildman–Crippen LogP) is 3.93. The Kier molecular flexibility index (Phi) is 4.46. The van der Waals surface area contributed by atoms with E-state index >= 15 is 0 Å². The Morgan fingerprint density at radius 1 is 1.21 bits per heavy atom. The van der Waals surface area contributed by atoms with Gasteiger partial charge in [0.25, 0.3) is 0 Å². The van der Waals surface area contributed by atoms with Crippen molar-refractivity contribution >= 4 is 11.6 Å². The summed E-state index contributed by atoms with van der Waals surface area (Å²) < 4.78 is 5.16. The van der Waals surface area contributed by atoms with E-state index in [-0.39, 0.29) is 0 Å². The molecule has 0 aliphatic rings. The van der Waals surface area contributed by atoms with Crippen LogP contribution >= 0.6 is 11.6 Å². The fraction of sp³-hybridized carbons (Fsp3) is 0.250. The topological polar surface area (TPSA) is 29.5 Å². The highest BCUT2D eigenvalue weighted by Crippen LogP contribution is 2.27. The molecule has 1 N–H and O–H groups in total. The van der Waals surface area contributed by atoms with Gasteiger partial charge in [0.1, 0.15) is 5.75 Å². The second-order valence-electron chi connectivity index (χ2n) is 4.53. The molecule has 0 saturated carbocycles. The van der Waals surface area contributed by atoms with E-state index in [0.717, 1.165) is 22.4 Å². The van der Waals surface area contributed by atoms with Gasteiger partial charge in [-0.05, 0) is 41.8 Å². The van der Waals surface area contributed by atoms with Crippen LogP contribution in [0.1, 0.15) is 22.8 Å². The molecule has 2 aromatic rings. The van der Waals surface area contributed by atoms with Gasteiger partial charge in [-0.2, -0.15) is 0 Å². The van der Waals surface area contributed by atoms with Crippen LogP contribution in [0.2, 0.25) is 5.02 Å². The Labute approximate surface area is 118 Å². The lowest BCUT2D eigenvalue weighted by molar-refractivity contribution is 0.177. The van der Waals surface area contributed by atoms with E-state index in [1.54, 1.807) is 7.11 Å². The minimum absolute atomic E-state index is 0.507. The van der Waals surface area contributed by atoms with Gasteiger partial charge in [-0.25, -0.2) is 0 Å². The standard InChI is InChI=1S/C16H17ClO2/c1-11-9-13(19-2)7-8-14(11)16(18)10-12-5-3-4-6-15(12)17/h3-9,16,18H,10H2,1-2H3. The molecule has 0 radical (unpaired) electrons. The smallest absolute Gasteiger partial charge is 0.119 e. The van der Waals surface area contributed by atoms with Gasteiger partial charge in [-0.15, -0.1) is 0 Å². The number of aryl methyl sites for hydroxylation is 1. The van der Waals surface area contributed by atoms with Crippen LogP contribution in [0.3, 0.4) is 0 Å². The highest BCUT2D eigenvalue weighted by molar-refractivity contribution is 6.31. The number of aliphatic hydroxyl groups is 1. The summed E-state index contributed by atoms with van der Waals surface area (Å²) in [6, 6.07) is 13.3. The lowest BCUT2D eigenvalue weighted by atomic mass is 9.97. The molecule has 1 atom stereocenters. The van der Waals surface area contributed by atoms with Gasteiger partial charge in [0, 0.05) is 11.4 Å². The first-order valence-corrected chi connectivity index (χ1v) is 6.55. The van der Waals surface area contributed by atoms with Crippen LogP contribution < -0.4 is 4.74 Å². The molecule has 1 unspecified atom stereocenters. The zero-order chi connectivity index (χ0) is 13.8. The van der Waals surface area contributed by atoms with Crippen molar-refractivity contribution in [3.05, 3.63) is 64.2 Å². The van der Waals surface area contributed by atoms with Crippen LogP contribution in [0.5, 0.6) is 5.75 Å². The van der Waals surface area contributed by atoms with E-state index in [1.807, 2.05) is 49.4 Å². The third-order valence-corrected chi connectivity index (χ3v) is 3.58. The molecule has 3 heteroatoms. The Balaban J connectivity index is 2.21. The van der Waals surface area contributed by atoms with E-state index in [1.165, 1.54) is 0 Å². The van der Waals surface area contributed by atoms with E-state index in [2.05, 4.69) is 0 Å². The lowest BCUT2D eigenvalue weighted by Gasteiger charge is -2.15. The van der Waals surface area contributed by atoms with Crippen molar-refractivity contribution in [2.45, 2.75) is 19.4 Å². The molecule has 2 rings (SSSR count). The minimum atomic E-state index is -0.564. The summed E-state index contributed by atoms with van der Waals surface area (Å²) in [4.78, 5) is 0. The molecule has 0 aromatic heterocycles. The van der Waals surface area contributed by atoms with Crippen LogP contribution in [0, 0.1) is 6.92 Å². The molecule has 0 saturated heterocycles. The number of hydrogen-bond acceptors (Lipinski definition) is 2. The summed E-state index contributed by atoms with van der Waals surface area (Å²) in [6.45, 7) is 1.97. The Morgan fingerprint density at radius 3 is 2.58 bits per heavy atom. The van der Waals surface area contributed by atoms with Crippen molar-refractivity contribution in [3.8, 4) is 5.75 Å². The fourth-order valence-electron chi connectivity index (χ4n) is 2.13. The lowest BCUT2D eigenvalue weighted by Crippen LogP contribution is -2.04. The van der Waals surface area contributed by atoms with Gasteiger partial charge in [0.05, 0.1) is 13.2 Å². The summed E-state index contributed by atoms with van der Waals surface area (Å²) in [5.74, 6) is 0.797. The number of hydrogen-bond donors (Lipinski definition) is 1. The summed E-state index contributed by atoms with van der Waals surface area (Å²) >= 11 is 6.11. The largest absolute Gasteiger partial charge is 0.497 e. The number of rotatable bonds is 4. The number of halogens is 1. The van der Waals surface area contributed by atoms with Gasteiger partial charge >= 0.3 is 0 Å². The zero-order valence-electron chi connectivity index (χ0n) is 11.1. The predicted molar refractivity (Wildman–Crippen MR) is 77.8 cm³/mol. The Hall–Kier alpha value is -1.51. The molecule has 2 nitrogen and oxygen atoms in total. The van der Waals surface area contributed by atoms with Gasteiger partial charge in [-0.3, -0.25) is 0 Å². The Bertz CT molecular complexity index is 566. The molecule has 0 fully saturated rings. The maximum atomic E-state index is 10.3. The van der Waals surface area contributed by atoms with Gasteiger partial charge in [0.2, 0.25) is 0 Å². The Morgan fingerprint density at radius 2 is 1.95 bits per heavy atom. The van der Waals surface area contributed by atoms with E-state index in [0.29, 0.717) is 11.4 Å². The molecular formula is C16H17ClO2. The monoisotopic (exact) mass is 276 g/mol. The van der Waals surface area contributed by atoms with Crippen LogP contribution in [0.4, 0.5) is 0 Å². The number of ether oxygens (including phenoxy) is 1. The van der Waals surface area contributed by atoms with Crippen molar-refractivity contribution in [2.24, 2.45) is 0 Å². The molecule has 0 heterocycles. The molecular weight excluding hydrogens is 260 g/mol. The van der Waals surface area contributed by atoms with Crippen molar-refractivity contribution in [1.82, 2.24) is 0 Å². The molecule has 0 aliphatic carbocycles.